The number of halogens is 1. The normalized spacial score (nSPS) is 11.3. The summed E-state index contributed by atoms with van der Waals surface area (Å²) in [6.07, 6.45) is 1.14. The summed E-state index contributed by atoms with van der Waals surface area (Å²) in [5.74, 6) is 0.718. The molecule has 0 bridgehead atoms. The molecule has 0 atom stereocenters. The van der Waals surface area contributed by atoms with Gasteiger partial charge in [0, 0.05) is 35.1 Å². The van der Waals surface area contributed by atoms with E-state index in [1.807, 2.05) is 13.8 Å². The van der Waals surface area contributed by atoms with E-state index in [1.54, 1.807) is 35.6 Å². The molecule has 1 amide bonds. The number of carbonyl (C=O) groups is 1. The van der Waals surface area contributed by atoms with E-state index in [0.717, 1.165) is 28.9 Å². The zero-order chi connectivity index (χ0) is 19.6. The number of nitrogens with one attached hydrogen (secondary N) is 3. The van der Waals surface area contributed by atoms with Gasteiger partial charge in [-0.2, -0.15) is 0 Å². The van der Waals surface area contributed by atoms with Crippen LogP contribution in [0.4, 0.5) is 5.69 Å². The van der Waals surface area contributed by atoms with E-state index in [1.165, 1.54) is 4.88 Å². The number of aromatic nitrogens is 1. The van der Waals surface area contributed by atoms with Crippen molar-refractivity contribution in [1.29, 1.82) is 0 Å². The van der Waals surface area contributed by atoms with E-state index in [0.29, 0.717) is 31.0 Å². The lowest BCUT2D eigenvalue weighted by Gasteiger charge is -2.11. The standard InChI is InChI=1S/C19H26ClN5OS/c1-4-21-19(23-12-18-24-13(2)14(3)27-18)22-11-5-6-17(26)25-16-9-7-15(20)8-10-16/h7-10H,4-6,11-12H2,1-3H3,(H,25,26)(H2,21,22,23). The van der Waals surface area contributed by atoms with E-state index in [4.69, 9.17) is 11.6 Å². The van der Waals surface area contributed by atoms with Crippen LogP contribution in [0.15, 0.2) is 29.3 Å². The monoisotopic (exact) mass is 407 g/mol. The summed E-state index contributed by atoms with van der Waals surface area (Å²) in [7, 11) is 0. The predicted molar refractivity (Wildman–Crippen MR) is 114 cm³/mol. The van der Waals surface area contributed by atoms with Crippen molar-refractivity contribution in [3.8, 4) is 0 Å². The third-order valence-corrected chi connectivity index (χ3v) is 5.10. The van der Waals surface area contributed by atoms with E-state index in [9.17, 15) is 4.79 Å². The van der Waals surface area contributed by atoms with Gasteiger partial charge in [0.25, 0.3) is 0 Å². The fourth-order valence-corrected chi connectivity index (χ4v) is 3.29. The van der Waals surface area contributed by atoms with Crippen LogP contribution in [-0.2, 0) is 11.3 Å². The number of carbonyl (C=O) groups excluding carboxylic acids is 1. The first-order valence-corrected chi connectivity index (χ1v) is 10.2. The average molecular weight is 408 g/mol. The van der Waals surface area contributed by atoms with Gasteiger partial charge in [-0.1, -0.05) is 11.6 Å². The van der Waals surface area contributed by atoms with Crippen LogP contribution in [0.5, 0.6) is 0 Å². The molecule has 0 fully saturated rings. The third-order valence-electron chi connectivity index (χ3n) is 3.79. The average Bonchev–Trinajstić information content (AvgIpc) is 2.96. The lowest BCUT2D eigenvalue weighted by molar-refractivity contribution is -0.116. The summed E-state index contributed by atoms with van der Waals surface area (Å²) >= 11 is 7.51. The molecule has 0 aliphatic carbocycles. The molecule has 0 unspecified atom stereocenters. The summed E-state index contributed by atoms with van der Waals surface area (Å²) in [6, 6.07) is 7.08. The van der Waals surface area contributed by atoms with Gasteiger partial charge in [0.2, 0.25) is 5.91 Å². The van der Waals surface area contributed by atoms with Crippen molar-refractivity contribution in [3.63, 3.8) is 0 Å². The van der Waals surface area contributed by atoms with Crippen LogP contribution in [-0.4, -0.2) is 29.9 Å². The SMILES string of the molecule is CCNC(=NCc1nc(C)c(C)s1)NCCCC(=O)Nc1ccc(Cl)cc1. The van der Waals surface area contributed by atoms with Crippen LogP contribution in [0.3, 0.4) is 0 Å². The van der Waals surface area contributed by atoms with Crippen LogP contribution in [0.1, 0.15) is 35.3 Å². The van der Waals surface area contributed by atoms with Gasteiger partial charge in [-0.3, -0.25) is 4.79 Å². The number of amides is 1. The molecule has 1 heterocycles. The summed E-state index contributed by atoms with van der Waals surface area (Å²) in [4.78, 5) is 22.3. The molecular formula is C19H26ClN5OS. The molecule has 6 nitrogen and oxygen atoms in total. The highest BCUT2D eigenvalue weighted by Crippen LogP contribution is 2.17. The Bertz CT molecular complexity index is 753. The summed E-state index contributed by atoms with van der Waals surface area (Å²) in [5.41, 5.74) is 1.82. The minimum Gasteiger partial charge on any atom is -0.357 e. The second-order valence-corrected chi connectivity index (χ2v) is 7.75. The molecule has 3 N–H and O–H groups in total. The highest BCUT2D eigenvalue weighted by atomic mass is 35.5. The molecule has 8 heteroatoms. The number of aryl methyl sites for hydroxylation is 2. The highest BCUT2D eigenvalue weighted by molar-refractivity contribution is 7.11. The maximum absolute atomic E-state index is 12.0. The Balaban J connectivity index is 1.74. The van der Waals surface area contributed by atoms with Gasteiger partial charge < -0.3 is 16.0 Å². The Morgan fingerprint density at radius 1 is 1.22 bits per heavy atom. The Labute approximate surface area is 169 Å². The van der Waals surface area contributed by atoms with Gasteiger partial charge >= 0.3 is 0 Å². The van der Waals surface area contributed by atoms with Crippen molar-refractivity contribution in [2.24, 2.45) is 4.99 Å². The van der Waals surface area contributed by atoms with Gasteiger partial charge in [0.05, 0.1) is 12.2 Å². The minimum absolute atomic E-state index is 0.0187. The zero-order valence-electron chi connectivity index (χ0n) is 15.9. The van der Waals surface area contributed by atoms with Crippen molar-refractivity contribution in [2.45, 2.75) is 40.2 Å². The van der Waals surface area contributed by atoms with Crippen molar-refractivity contribution < 1.29 is 4.79 Å². The van der Waals surface area contributed by atoms with Crippen LogP contribution in [0, 0.1) is 13.8 Å². The molecule has 2 aromatic rings. The number of benzene rings is 1. The number of hydrogen-bond donors (Lipinski definition) is 3. The Morgan fingerprint density at radius 3 is 2.59 bits per heavy atom. The molecule has 0 aliphatic rings. The van der Waals surface area contributed by atoms with E-state index in [-0.39, 0.29) is 5.91 Å². The lowest BCUT2D eigenvalue weighted by Crippen LogP contribution is -2.38. The fourth-order valence-electron chi connectivity index (χ4n) is 2.31. The molecule has 1 aromatic carbocycles. The van der Waals surface area contributed by atoms with Crippen LogP contribution < -0.4 is 16.0 Å². The van der Waals surface area contributed by atoms with E-state index in [2.05, 4.69) is 32.9 Å². The Morgan fingerprint density at radius 2 is 1.96 bits per heavy atom. The van der Waals surface area contributed by atoms with Crippen molar-refractivity contribution in [3.05, 3.63) is 44.9 Å². The molecular weight excluding hydrogens is 382 g/mol. The predicted octanol–water partition coefficient (Wildman–Crippen LogP) is 3.89. The van der Waals surface area contributed by atoms with Crippen LogP contribution in [0.25, 0.3) is 0 Å². The zero-order valence-corrected chi connectivity index (χ0v) is 17.5. The molecule has 0 spiro atoms. The number of nitrogens with zero attached hydrogens (tertiary/aromatic N) is 2. The van der Waals surface area contributed by atoms with E-state index >= 15 is 0 Å². The molecule has 27 heavy (non-hydrogen) atoms. The maximum atomic E-state index is 12.0. The van der Waals surface area contributed by atoms with Crippen LogP contribution in [0.2, 0.25) is 5.02 Å². The molecule has 1 aromatic heterocycles. The maximum Gasteiger partial charge on any atom is 0.224 e. The first-order valence-electron chi connectivity index (χ1n) is 8.98. The number of aliphatic imine (C=N–C) groups is 1. The fraction of sp³-hybridized carbons (Fsp3) is 0.421. The summed E-state index contributed by atoms with van der Waals surface area (Å²) in [5, 5.41) is 11.0. The van der Waals surface area contributed by atoms with Crippen LogP contribution >= 0.6 is 22.9 Å². The lowest BCUT2D eigenvalue weighted by atomic mass is 10.2. The first-order chi connectivity index (χ1) is 13.0. The number of rotatable bonds is 8. The second kappa shape index (κ2) is 10.9. The number of anilines is 1. The number of guanidine groups is 1. The van der Waals surface area contributed by atoms with Crippen molar-refractivity contribution in [2.75, 3.05) is 18.4 Å². The van der Waals surface area contributed by atoms with Gasteiger partial charge in [-0.15, -0.1) is 11.3 Å². The second-order valence-electron chi connectivity index (χ2n) is 6.03. The first kappa shape index (κ1) is 21.2. The minimum atomic E-state index is -0.0187. The largest absolute Gasteiger partial charge is 0.357 e. The molecule has 0 saturated heterocycles. The number of hydrogen-bond acceptors (Lipinski definition) is 4. The van der Waals surface area contributed by atoms with Crippen molar-refractivity contribution in [1.82, 2.24) is 15.6 Å². The topological polar surface area (TPSA) is 78.4 Å². The molecule has 0 radical (unpaired) electrons. The molecule has 146 valence electrons. The van der Waals surface area contributed by atoms with Gasteiger partial charge in [-0.25, -0.2) is 9.98 Å². The Hall–Kier alpha value is -2.12. The van der Waals surface area contributed by atoms with E-state index < -0.39 is 0 Å². The summed E-state index contributed by atoms with van der Waals surface area (Å²) < 4.78 is 0. The Kier molecular flexibility index (Phi) is 8.54. The smallest absolute Gasteiger partial charge is 0.224 e. The summed E-state index contributed by atoms with van der Waals surface area (Å²) in [6.45, 7) is 8.09. The van der Waals surface area contributed by atoms with Gasteiger partial charge in [0.15, 0.2) is 5.96 Å². The van der Waals surface area contributed by atoms with Gasteiger partial charge in [0.1, 0.15) is 5.01 Å². The quantitative estimate of drug-likeness (QED) is 0.352. The van der Waals surface area contributed by atoms with Crippen molar-refractivity contribution >= 4 is 40.5 Å². The molecule has 0 saturated carbocycles. The third kappa shape index (κ3) is 7.56. The van der Waals surface area contributed by atoms with Gasteiger partial charge in [-0.05, 0) is 51.5 Å². The number of thiazole rings is 1. The molecule has 0 aliphatic heterocycles. The molecule has 2 rings (SSSR count). The highest BCUT2D eigenvalue weighted by Gasteiger charge is 2.05.